The number of carbonyl (C=O) groups excluding carboxylic acids is 3. The van der Waals surface area contributed by atoms with Crippen molar-refractivity contribution in [2.45, 2.75) is 32.8 Å². The number of carbonyl (C=O) groups is 3. The van der Waals surface area contributed by atoms with E-state index in [0.29, 0.717) is 38.2 Å². The number of nitrogens with one attached hydrogen (secondary N) is 1. The molecule has 0 aliphatic carbocycles. The maximum atomic E-state index is 12.9. The van der Waals surface area contributed by atoms with Crippen LogP contribution in [0.3, 0.4) is 0 Å². The lowest BCUT2D eigenvalue weighted by molar-refractivity contribution is -0.130. The van der Waals surface area contributed by atoms with Crippen molar-refractivity contribution in [2.75, 3.05) is 32.7 Å². The molecule has 3 amide bonds. The molecule has 1 N–H and O–H groups in total. The maximum absolute atomic E-state index is 12.9. The Bertz CT molecular complexity index is 901. The third-order valence-electron chi connectivity index (χ3n) is 4.94. The first-order valence-corrected chi connectivity index (χ1v) is 10.5. The molecule has 31 heavy (non-hydrogen) atoms. The van der Waals surface area contributed by atoms with E-state index in [2.05, 4.69) is 5.32 Å². The topological polar surface area (TPSA) is 83.9 Å². The fraction of sp³-hybridized carbons (Fsp3) is 0.435. The van der Waals surface area contributed by atoms with Gasteiger partial charge in [-0.15, -0.1) is 0 Å². The van der Waals surface area contributed by atoms with E-state index in [-0.39, 0.29) is 18.4 Å². The second kappa shape index (κ2) is 9.68. The molecule has 1 aromatic carbocycles. The van der Waals surface area contributed by atoms with Gasteiger partial charge in [-0.05, 0) is 63.6 Å². The number of hydrogen-bond acceptors (Lipinski definition) is 4. The molecule has 8 heteroatoms. The normalized spacial score (nSPS) is 14.7. The first kappa shape index (κ1) is 22.4. The van der Waals surface area contributed by atoms with Gasteiger partial charge in [-0.1, -0.05) is 0 Å². The Morgan fingerprint density at radius 2 is 1.55 bits per heavy atom. The number of ether oxygens (including phenoxy) is 1. The lowest BCUT2D eigenvalue weighted by Crippen LogP contribution is -2.43. The van der Waals surface area contributed by atoms with E-state index < -0.39 is 11.7 Å². The number of nitrogens with zero attached hydrogens (tertiary/aromatic N) is 3. The van der Waals surface area contributed by atoms with E-state index in [1.54, 1.807) is 30.6 Å². The molecule has 2 aromatic rings. The van der Waals surface area contributed by atoms with Gasteiger partial charge in [-0.25, -0.2) is 4.79 Å². The van der Waals surface area contributed by atoms with Crippen LogP contribution in [0.15, 0.2) is 48.8 Å². The van der Waals surface area contributed by atoms with E-state index in [4.69, 9.17) is 4.74 Å². The molecule has 0 radical (unpaired) electrons. The molecule has 2 heterocycles. The van der Waals surface area contributed by atoms with E-state index in [9.17, 15) is 14.4 Å². The summed E-state index contributed by atoms with van der Waals surface area (Å²) in [6.07, 6.45) is 3.98. The van der Waals surface area contributed by atoms with Gasteiger partial charge in [0.05, 0.1) is 0 Å². The minimum atomic E-state index is -0.615. The van der Waals surface area contributed by atoms with Gasteiger partial charge in [-0.2, -0.15) is 0 Å². The largest absolute Gasteiger partial charge is 0.444 e. The summed E-state index contributed by atoms with van der Waals surface area (Å²) < 4.78 is 7.14. The molecule has 8 nitrogen and oxygen atoms in total. The number of aromatic nitrogens is 1. The highest BCUT2D eigenvalue weighted by Crippen LogP contribution is 2.14. The van der Waals surface area contributed by atoms with E-state index in [0.717, 1.165) is 5.69 Å². The number of rotatable bonds is 4. The van der Waals surface area contributed by atoms with Crippen molar-refractivity contribution in [1.29, 1.82) is 0 Å². The second-order valence-electron chi connectivity index (χ2n) is 8.52. The molecule has 0 bridgehead atoms. The van der Waals surface area contributed by atoms with Crippen LogP contribution in [0.1, 0.15) is 37.6 Å². The van der Waals surface area contributed by atoms with Gasteiger partial charge in [-0.3, -0.25) is 9.59 Å². The molecule has 166 valence electrons. The average Bonchev–Trinajstić information content (AvgIpc) is 3.15. The van der Waals surface area contributed by atoms with Gasteiger partial charge in [0.25, 0.3) is 5.91 Å². The Morgan fingerprint density at radius 1 is 0.935 bits per heavy atom. The Balaban J connectivity index is 1.51. The zero-order chi connectivity index (χ0) is 22.4. The minimum Gasteiger partial charge on any atom is -0.444 e. The lowest BCUT2D eigenvalue weighted by atomic mass is 10.1. The fourth-order valence-corrected chi connectivity index (χ4v) is 3.41. The van der Waals surface area contributed by atoms with Crippen molar-refractivity contribution in [3.05, 3.63) is 54.4 Å². The number of amides is 3. The highest BCUT2D eigenvalue weighted by molar-refractivity contribution is 5.94. The minimum absolute atomic E-state index is 0.0414. The molecule has 0 unspecified atom stereocenters. The molecule has 1 aliphatic rings. The van der Waals surface area contributed by atoms with E-state index in [1.165, 1.54) is 0 Å². The van der Waals surface area contributed by atoms with Gasteiger partial charge >= 0.3 is 6.09 Å². The van der Waals surface area contributed by atoms with Crippen LogP contribution in [0.5, 0.6) is 0 Å². The van der Waals surface area contributed by atoms with Crippen molar-refractivity contribution in [3.8, 4) is 5.69 Å². The third kappa shape index (κ3) is 6.34. The van der Waals surface area contributed by atoms with Crippen molar-refractivity contribution in [1.82, 2.24) is 19.7 Å². The van der Waals surface area contributed by atoms with Crippen LogP contribution in [-0.2, 0) is 9.53 Å². The molecule has 0 saturated carbocycles. The first-order chi connectivity index (χ1) is 14.7. The molecule has 0 atom stereocenters. The predicted molar refractivity (Wildman–Crippen MR) is 117 cm³/mol. The molecule has 1 saturated heterocycles. The van der Waals surface area contributed by atoms with Gasteiger partial charge in [0, 0.05) is 49.8 Å². The molecule has 0 spiro atoms. The van der Waals surface area contributed by atoms with Crippen molar-refractivity contribution in [2.24, 2.45) is 0 Å². The Morgan fingerprint density at radius 3 is 2.19 bits per heavy atom. The summed E-state index contributed by atoms with van der Waals surface area (Å²) in [4.78, 5) is 40.6. The van der Waals surface area contributed by atoms with Crippen LogP contribution in [0, 0.1) is 0 Å². The van der Waals surface area contributed by atoms with Gasteiger partial charge < -0.3 is 24.4 Å². The summed E-state index contributed by atoms with van der Waals surface area (Å²) in [5.74, 6) is -0.225. The van der Waals surface area contributed by atoms with Crippen LogP contribution in [0.2, 0.25) is 0 Å². The first-order valence-electron chi connectivity index (χ1n) is 10.5. The van der Waals surface area contributed by atoms with Gasteiger partial charge in [0.1, 0.15) is 12.1 Å². The number of hydrogen-bond donors (Lipinski definition) is 1. The van der Waals surface area contributed by atoms with Crippen LogP contribution >= 0.6 is 0 Å². The van der Waals surface area contributed by atoms with Crippen LogP contribution in [0.4, 0.5) is 4.79 Å². The van der Waals surface area contributed by atoms with Crippen molar-refractivity contribution < 1.29 is 19.1 Å². The van der Waals surface area contributed by atoms with Gasteiger partial charge in [0.2, 0.25) is 5.91 Å². The Labute approximate surface area is 182 Å². The van der Waals surface area contributed by atoms with Crippen LogP contribution in [0.25, 0.3) is 5.69 Å². The summed E-state index contributed by atoms with van der Waals surface area (Å²) >= 11 is 0. The molecule has 3 rings (SSSR count). The Hall–Kier alpha value is -3.29. The van der Waals surface area contributed by atoms with E-state index in [1.807, 2.05) is 53.4 Å². The predicted octanol–water partition coefficient (Wildman–Crippen LogP) is 2.68. The zero-order valence-corrected chi connectivity index (χ0v) is 18.3. The molecule has 1 aliphatic heterocycles. The third-order valence-corrected chi connectivity index (χ3v) is 4.94. The zero-order valence-electron chi connectivity index (χ0n) is 18.3. The standard InChI is InChI=1S/C23H30N4O4/c1-23(2,3)31-22(30)24-17-20(28)26-13-6-14-27(16-15-26)21(29)18-7-9-19(10-8-18)25-11-4-5-12-25/h4-5,7-12H,6,13-17H2,1-3H3,(H,24,30). The smallest absolute Gasteiger partial charge is 0.408 e. The van der Waals surface area contributed by atoms with Crippen molar-refractivity contribution >= 4 is 17.9 Å². The van der Waals surface area contributed by atoms with Crippen LogP contribution in [-0.4, -0.2) is 70.6 Å². The fourth-order valence-electron chi connectivity index (χ4n) is 3.41. The van der Waals surface area contributed by atoms with Gasteiger partial charge in [0.15, 0.2) is 0 Å². The number of benzene rings is 1. The van der Waals surface area contributed by atoms with E-state index >= 15 is 0 Å². The summed E-state index contributed by atoms with van der Waals surface area (Å²) in [7, 11) is 0. The summed E-state index contributed by atoms with van der Waals surface area (Å²) in [6.45, 7) is 7.20. The van der Waals surface area contributed by atoms with Crippen molar-refractivity contribution in [3.63, 3.8) is 0 Å². The Kier molecular flexibility index (Phi) is 6.99. The second-order valence-corrected chi connectivity index (χ2v) is 8.52. The summed E-state index contributed by atoms with van der Waals surface area (Å²) in [5, 5.41) is 2.50. The average molecular weight is 427 g/mol. The summed E-state index contributed by atoms with van der Waals surface area (Å²) in [6, 6.07) is 11.4. The molecule has 1 aromatic heterocycles. The summed E-state index contributed by atoms with van der Waals surface area (Å²) in [5.41, 5.74) is 1.00. The highest BCUT2D eigenvalue weighted by Gasteiger charge is 2.24. The molecular weight excluding hydrogens is 396 g/mol. The quantitative estimate of drug-likeness (QED) is 0.815. The monoisotopic (exact) mass is 426 g/mol. The lowest BCUT2D eigenvalue weighted by Gasteiger charge is -2.23. The molecular formula is C23H30N4O4. The molecule has 1 fully saturated rings. The van der Waals surface area contributed by atoms with Crippen LogP contribution < -0.4 is 5.32 Å². The number of alkyl carbamates (subject to hydrolysis) is 1. The highest BCUT2D eigenvalue weighted by atomic mass is 16.6. The SMILES string of the molecule is CC(C)(C)OC(=O)NCC(=O)N1CCCN(C(=O)c2ccc(-n3cccc3)cc2)CC1. The maximum Gasteiger partial charge on any atom is 0.408 e.